The number of aryl methyl sites for hydroxylation is 1. The molecule has 2 aliphatic rings. The number of nitrogens with zero attached hydrogens (tertiary/aromatic N) is 6. The molecular formula is C28H27F9N6O2. The first-order chi connectivity index (χ1) is 20.8. The molecule has 244 valence electrons. The summed E-state index contributed by atoms with van der Waals surface area (Å²) in [7, 11) is 1.37. The summed E-state index contributed by atoms with van der Waals surface area (Å²) >= 11 is 0. The Hall–Kier alpha value is -4.05. The molecule has 1 saturated carbocycles. The molecule has 1 amide bonds. The van der Waals surface area contributed by atoms with Crippen molar-refractivity contribution < 1.29 is 49.0 Å². The maximum absolute atomic E-state index is 13.9. The number of rotatable bonds is 6. The van der Waals surface area contributed by atoms with Gasteiger partial charge in [0.1, 0.15) is 0 Å². The molecule has 0 spiro atoms. The fraction of sp³-hybridized carbons (Fsp3) is 0.500. The fourth-order valence-electron chi connectivity index (χ4n) is 5.55. The molecule has 0 radical (unpaired) electrons. The van der Waals surface area contributed by atoms with Gasteiger partial charge < -0.3 is 9.64 Å². The SMILES string of the molecule is CC(C)OC(=O)N1c2ccc(C(F)(F)F)cc2[C@@H](N(Cc2cc(C(F)(F)F)cc(C(F)(F)F)c2)c2nnn(C)n2)C[C@H]1C1CC1. The van der Waals surface area contributed by atoms with E-state index in [1.54, 1.807) is 13.8 Å². The summed E-state index contributed by atoms with van der Waals surface area (Å²) < 4.78 is 129. The molecule has 3 aromatic rings. The number of alkyl halides is 9. The standard InChI is InChI=1S/C28H27F9N6O2/c1-14(2)45-25(44)43-21-7-6-17(26(29,30)31)11-20(21)23(12-22(43)16-4-5-16)42(24-38-40-41(3)39-24)13-15-8-18(27(32,33)34)10-19(9-15)28(35,36)37/h6-11,14,16,22-23H,4-5,12-13H2,1-3H3/t22-,23-/m0/s1. The minimum absolute atomic E-state index is 0.0126. The lowest BCUT2D eigenvalue weighted by Crippen LogP contribution is -2.49. The van der Waals surface area contributed by atoms with Crippen LogP contribution in [0.1, 0.15) is 67.0 Å². The van der Waals surface area contributed by atoms with Gasteiger partial charge in [0, 0.05) is 12.6 Å². The number of amides is 1. The average Bonchev–Trinajstić information content (AvgIpc) is 3.68. The van der Waals surface area contributed by atoms with E-state index in [0.717, 1.165) is 23.0 Å². The molecule has 1 aliphatic carbocycles. The van der Waals surface area contributed by atoms with Crippen molar-refractivity contribution in [2.45, 2.75) is 76.4 Å². The minimum atomic E-state index is -5.13. The second-order valence-electron chi connectivity index (χ2n) is 11.4. The smallest absolute Gasteiger partial charge is 0.416 e. The predicted octanol–water partition coefficient (Wildman–Crippen LogP) is 7.55. The van der Waals surface area contributed by atoms with Crippen molar-refractivity contribution in [2.75, 3.05) is 9.80 Å². The number of anilines is 2. The van der Waals surface area contributed by atoms with Crippen LogP contribution < -0.4 is 9.80 Å². The van der Waals surface area contributed by atoms with E-state index in [1.165, 1.54) is 16.8 Å². The van der Waals surface area contributed by atoms with Crippen LogP contribution in [-0.4, -0.2) is 38.4 Å². The maximum Gasteiger partial charge on any atom is 0.416 e. The predicted molar refractivity (Wildman–Crippen MR) is 141 cm³/mol. The van der Waals surface area contributed by atoms with Gasteiger partial charge in [0.05, 0.1) is 41.6 Å². The van der Waals surface area contributed by atoms with Crippen LogP contribution in [0.4, 0.5) is 55.9 Å². The van der Waals surface area contributed by atoms with E-state index in [4.69, 9.17) is 4.74 Å². The van der Waals surface area contributed by atoms with Gasteiger partial charge in [-0.15, -0.1) is 5.10 Å². The Balaban J connectivity index is 1.69. The Kier molecular flexibility index (Phi) is 8.19. The third-order valence-corrected chi connectivity index (χ3v) is 7.60. The quantitative estimate of drug-likeness (QED) is 0.257. The van der Waals surface area contributed by atoms with Crippen molar-refractivity contribution in [3.8, 4) is 0 Å². The zero-order valence-corrected chi connectivity index (χ0v) is 24.0. The van der Waals surface area contributed by atoms with Crippen molar-refractivity contribution in [3.05, 3.63) is 64.2 Å². The highest BCUT2D eigenvalue weighted by Gasteiger charge is 2.48. The molecule has 2 aromatic carbocycles. The summed E-state index contributed by atoms with van der Waals surface area (Å²) in [5.41, 5.74) is -4.61. The van der Waals surface area contributed by atoms with Crippen molar-refractivity contribution in [1.29, 1.82) is 0 Å². The van der Waals surface area contributed by atoms with Crippen LogP contribution in [-0.2, 0) is 36.9 Å². The third-order valence-electron chi connectivity index (χ3n) is 7.60. The summed E-state index contributed by atoms with van der Waals surface area (Å²) in [4.78, 5) is 16.8. The second kappa shape index (κ2) is 11.4. The van der Waals surface area contributed by atoms with E-state index >= 15 is 0 Å². The van der Waals surface area contributed by atoms with Crippen LogP contribution in [0.3, 0.4) is 0 Å². The number of tetrazole rings is 1. The van der Waals surface area contributed by atoms with Crippen LogP contribution in [0.2, 0.25) is 0 Å². The molecule has 8 nitrogen and oxygen atoms in total. The largest absolute Gasteiger partial charge is 0.446 e. The highest BCUT2D eigenvalue weighted by molar-refractivity contribution is 5.91. The number of carbonyl (C=O) groups is 1. The molecule has 0 bridgehead atoms. The van der Waals surface area contributed by atoms with Crippen LogP contribution in [0, 0.1) is 5.92 Å². The first-order valence-electron chi connectivity index (χ1n) is 13.8. The van der Waals surface area contributed by atoms with Gasteiger partial charge in [-0.1, -0.05) is 5.10 Å². The molecule has 5 rings (SSSR count). The topological polar surface area (TPSA) is 76.4 Å². The van der Waals surface area contributed by atoms with E-state index in [-0.39, 0.29) is 35.6 Å². The monoisotopic (exact) mass is 650 g/mol. The number of benzene rings is 2. The number of halogens is 9. The summed E-state index contributed by atoms with van der Waals surface area (Å²) in [5.74, 6) is -0.325. The number of aromatic nitrogens is 4. The Morgan fingerprint density at radius 3 is 2.02 bits per heavy atom. The Morgan fingerprint density at radius 1 is 0.933 bits per heavy atom. The molecule has 0 unspecified atom stereocenters. The first kappa shape index (κ1) is 32.3. The molecule has 1 aliphatic heterocycles. The van der Waals surface area contributed by atoms with Gasteiger partial charge in [-0.3, -0.25) is 4.90 Å². The highest BCUT2D eigenvalue weighted by Crippen LogP contribution is 2.50. The lowest BCUT2D eigenvalue weighted by molar-refractivity contribution is -0.143. The van der Waals surface area contributed by atoms with Gasteiger partial charge in [0.25, 0.3) is 5.95 Å². The average molecular weight is 651 g/mol. The van der Waals surface area contributed by atoms with Crippen molar-refractivity contribution >= 4 is 17.7 Å². The summed E-state index contributed by atoms with van der Waals surface area (Å²) in [6.07, 6.45) is -15.1. The van der Waals surface area contributed by atoms with Gasteiger partial charge >= 0.3 is 24.6 Å². The molecule has 1 aromatic heterocycles. The van der Waals surface area contributed by atoms with Crippen molar-refractivity contribution in [2.24, 2.45) is 13.0 Å². The molecular weight excluding hydrogens is 623 g/mol. The first-order valence-corrected chi connectivity index (χ1v) is 13.8. The summed E-state index contributed by atoms with van der Waals surface area (Å²) in [5, 5.41) is 11.7. The molecule has 0 saturated heterocycles. The highest BCUT2D eigenvalue weighted by atomic mass is 19.4. The molecule has 0 N–H and O–H groups in total. The number of carbonyl (C=O) groups excluding carboxylic acids is 1. The van der Waals surface area contributed by atoms with E-state index in [2.05, 4.69) is 15.4 Å². The van der Waals surface area contributed by atoms with Crippen molar-refractivity contribution in [3.63, 3.8) is 0 Å². The Bertz CT molecular complexity index is 1530. The van der Waals surface area contributed by atoms with Gasteiger partial charge in [-0.25, -0.2) is 4.79 Å². The normalized spacial score (nSPS) is 19.1. The molecule has 2 heterocycles. The zero-order chi connectivity index (χ0) is 33.1. The lowest BCUT2D eigenvalue weighted by atomic mass is 9.86. The summed E-state index contributed by atoms with van der Waals surface area (Å²) in [6, 6.07) is 2.07. The van der Waals surface area contributed by atoms with Crippen LogP contribution in [0.15, 0.2) is 36.4 Å². The lowest BCUT2D eigenvalue weighted by Gasteiger charge is -2.44. The Morgan fingerprint density at radius 2 is 1.53 bits per heavy atom. The molecule has 1 fully saturated rings. The number of hydrogen-bond acceptors (Lipinski definition) is 6. The minimum Gasteiger partial charge on any atom is -0.446 e. The summed E-state index contributed by atoms with van der Waals surface area (Å²) in [6.45, 7) is 2.55. The van der Waals surface area contributed by atoms with Crippen LogP contribution >= 0.6 is 0 Å². The number of fused-ring (bicyclic) bond motifs is 1. The van der Waals surface area contributed by atoms with E-state index in [9.17, 15) is 44.3 Å². The van der Waals surface area contributed by atoms with E-state index < -0.39 is 71.6 Å². The fourth-order valence-corrected chi connectivity index (χ4v) is 5.55. The van der Waals surface area contributed by atoms with Gasteiger partial charge in [-0.2, -0.15) is 44.3 Å². The number of hydrogen-bond donors (Lipinski definition) is 0. The molecule has 17 heteroatoms. The van der Waals surface area contributed by atoms with E-state index in [1.807, 2.05) is 0 Å². The van der Waals surface area contributed by atoms with Gasteiger partial charge in [0.15, 0.2) is 0 Å². The van der Waals surface area contributed by atoms with E-state index in [0.29, 0.717) is 25.0 Å². The Labute approximate surface area is 250 Å². The second-order valence-corrected chi connectivity index (χ2v) is 11.4. The maximum atomic E-state index is 13.9. The van der Waals surface area contributed by atoms with Gasteiger partial charge in [0.2, 0.25) is 0 Å². The van der Waals surface area contributed by atoms with Gasteiger partial charge in [-0.05, 0) is 91.8 Å². The third kappa shape index (κ3) is 6.96. The molecule has 45 heavy (non-hydrogen) atoms. The van der Waals surface area contributed by atoms with Crippen LogP contribution in [0.25, 0.3) is 0 Å². The van der Waals surface area contributed by atoms with Crippen molar-refractivity contribution in [1.82, 2.24) is 20.2 Å². The number of ether oxygens (including phenoxy) is 1. The zero-order valence-electron chi connectivity index (χ0n) is 24.0. The van der Waals surface area contributed by atoms with Crippen LogP contribution in [0.5, 0.6) is 0 Å². The molecule has 2 atom stereocenters.